The Morgan fingerprint density at radius 1 is 1.19 bits per heavy atom. The number of ether oxygens (including phenoxy) is 3. The number of benzene rings is 2. The molecule has 0 saturated heterocycles. The zero-order valence-electron chi connectivity index (χ0n) is 17.0. The zero-order valence-corrected chi connectivity index (χ0v) is 18.6. The van der Waals surface area contributed by atoms with Gasteiger partial charge in [-0.05, 0) is 24.3 Å². The van der Waals surface area contributed by atoms with Crippen molar-refractivity contribution in [2.45, 2.75) is 6.04 Å². The Hall–Kier alpha value is -2.81. The molecule has 0 unspecified atom stereocenters. The lowest BCUT2D eigenvalue weighted by atomic mass is 10.1. The maximum Gasteiger partial charge on any atom is 0.165 e. The topological polar surface area (TPSA) is 124 Å². The predicted molar refractivity (Wildman–Crippen MR) is 118 cm³/mol. The summed E-state index contributed by atoms with van der Waals surface area (Å²) in [5, 5.41) is 27.8. The van der Waals surface area contributed by atoms with Crippen LogP contribution in [0.1, 0.15) is 5.56 Å². The Labute approximate surface area is 192 Å². The molecule has 0 radical (unpaired) electrons. The van der Waals surface area contributed by atoms with Crippen LogP contribution >= 0.6 is 22.9 Å². The minimum atomic E-state index is -0.643. The first-order valence-corrected chi connectivity index (χ1v) is 10.6. The van der Waals surface area contributed by atoms with E-state index in [0.717, 1.165) is 0 Å². The minimum absolute atomic E-state index is 0.0571. The third-order valence-electron chi connectivity index (χ3n) is 4.26. The molecule has 0 bridgehead atoms. The molecule has 0 aliphatic rings. The lowest BCUT2D eigenvalue weighted by Gasteiger charge is -2.12. The van der Waals surface area contributed by atoms with E-state index in [1.54, 1.807) is 25.3 Å². The molecule has 1 heterocycles. The number of aliphatic hydroxyl groups is 1. The van der Waals surface area contributed by atoms with Crippen molar-refractivity contribution < 1.29 is 23.7 Å². The molecule has 1 atom stereocenters. The number of nitrogens with zero attached hydrogens (tertiary/aromatic N) is 3. The van der Waals surface area contributed by atoms with Gasteiger partial charge in [-0.15, -0.1) is 10.2 Å². The van der Waals surface area contributed by atoms with Gasteiger partial charge >= 0.3 is 0 Å². The van der Waals surface area contributed by atoms with Crippen LogP contribution in [0.3, 0.4) is 0 Å². The van der Waals surface area contributed by atoms with Gasteiger partial charge in [-0.25, -0.2) is 4.39 Å². The molecular weight excluding hydrogens is 459 g/mol. The van der Waals surface area contributed by atoms with Gasteiger partial charge < -0.3 is 25.1 Å². The van der Waals surface area contributed by atoms with Crippen LogP contribution in [-0.4, -0.2) is 54.9 Å². The normalized spacial score (nSPS) is 11.8. The molecule has 32 heavy (non-hydrogen) atoms. The van der Waals surface area contributed by atoms with E-state index in [0.29, 0.717) is 45.7 Å². The Kier molecular flexibility index (Phi) is 8.33. The number of aliphatic hydroxyl groups excluding tert-OH is 1. The van der Waals surface area contributed by atoms with E-state index in [-0.39, 0.29) is 24.0 Å². The molecule has 1 aromatic heterocycles. The SMILES string of the molecule is COCCOc1ccc(-c2nnc(-c3cc(F)c(OC[C@H](N)CO)cc3Cl)s2)cc1C#N. The van der Waals surface area contributed by atoms with Gasteiger partial charge in [0.05, 0.1) is 29.8 Å². The molecular formula is C21H20ClFN4O4S. The van der Waals surface area contributed by atoms with Crippen molar-refractivity contribution in [1.82, 2.24) is 10.2 Å². The van der Waals surface area contributed by atoms with Gasteiger partial charge in [0.2, 0.25) is 0 Å². The van der Waals surface area contributed by atoms with Crippen LogP contribution in [0.25, 0.3) is 21.1 Å². The molecule has 0 fully saturated rings. The largest absolute Gasteiger partial charge is 0.490 e. The number of rotatable bonds is 10. The first-order valence-electron chi connectivity index (χ1n) is 9.45. The molecule has 0 aliphatic carbocycles. The van der Waals surface area contributed by atoms with Crippen molar-refractivity contribution in [3.63, 3.8) is 0 Å². The highest BCUT2D eigenvalue weighted by molar-refractivity contribution is 7.18. The highest BCUT2D eigenvalue weighted by atomic mass is 35.5. The summed E-state index contributed by atoms with van der Waals surface area (Å²) in [4.78, 5) is 0. The number of aromatic nitrogens is 2. The molecule has 168 valence electrons. The number of nitrogens with two attached hydrogens (primary N) is 1. The van der Waals surface area contributed by atoms with Gasteiger partial charge in [-0.1, -0.05) is 22.9 Å². The molecule has 0 spiro atoms. The highest BCUT2D eigenvalue weighted by Crippen LogP contribution is 2.37. The van der Waals surface area contributed by atoms with Crippen LogP contribution in [-0.2, 0) is 4.74 Å². The van der Waals surface area contributed by atoms with Crippen molar-refractivity contribution >= 4 is 22.9 Å². The van der Waals surface area contributed by atoms with Crippen LogP contribution in [0.15, 0.2) is 30.3 Å². The van der Waals surface area contributed by atoms with Crippen LogP contribution in [0.2, 0.25) is 5.02 Å². The van der Waals surface area contributed by atoms with Crippen molar-refractivity contribution in [1.29, 1.82) is 5.26 Å². The second-order valence-electron chi connectivity index (χ2n) is 6.59. The third-order valence-corrected chi connectivity index (χ3v) is 5.57. The zero-order chi connectivity index (χ0) is 23.1. The van der Waals surface area contributed by atoms with Crippen molar-refractivity contribution in [2.75, 3.05) is 33.5 Å². The van der Waals surface area contributed by atoms with E-state index in [2.05, 4.69) is 16.3 Å². The van der Waals surface area contributed by atoms with Gasteiger partial charge in [0.1, 0.15) is 35.0 Å². The lowest BCUT2D eigenvalue weighted by molar-refractivity contribution is 0.146. The summed E-state index contributed by atoms with van der Waals surface area (Å²) in [5.74, 6) is -0.273. The Morgan fingerprint density at radius 3 is 2.69 bits per heavy atom. The highest BCUT2D eigenvalue weighted by Gasteiger charge is 2.17. The summed E-state index contributed by atoms with van der Waals surface area (Å²) in [6, 6.07) is 9.10. The Bertz CT molecular complexity index is 1120. The number of hydrogen-bond donors (Lipinski definition) is 2. The van der Waals surface area contributed by atoms with Crippen LogP contribution in [0, 0.1) is 17.1 Å². The number of methoxy groups -OCH3 is 1. The van der Waals surface area contributed by atoms with Crippen molar-refractivity contribution in [3.05, 3.63) is 46.7 Å². The summed E-state index contributed by atoms with van der Waals surface area (Å²) >= 11 is 7.51. The average Bonchev–Trinajstić information content (AvgIpc) is 3.29. The summed E-state index contributed by atoms with van der Waals surface area (Å²) in [5.41, 5.74) is 6.94. The standard InChI is InChI=1S/C21H20ClFN4O4S/c1-29-4-5-30-18-3-2-12(6-13(18)9-24)20-26-27-21(32-20)15-7-17(23)19(8-16(15)22)31-11-14(25)10-28/h2-3,6-8,14,28H,4-5,10-11,25H2,1H3/t14-/m1/s1. The number of halogens is 2. The van der Waals surface area contributed by atoms with Crippen molar-refractivity contribution in [2.24, 2.45) is 5.73 Å². The second-order valence-corrected chi connectivity index (χ2v) is 7.98. The van der Waals surface area contributed by atoms with E-state index in [1.165, 1.54) is 23.5 Å². The third kappa shape index (κ3) is 5.70. The molecule has 3 aromatic rings. The van der Waals surface area contributed by atoms with Crippen LogP contribution in [0.4, 0.5) is 4.39 Å². The molecule has 3 N–H and O–H groups in total. The van der Waals surface area contributed by atoms with E-state index >= 15 is 0 Å². The fourth-order valence-electron chi connectivity index (χ4n) is 2.61. The summed E-state index contributed by atoms with van der Waals surface area (Å²) in [7, 11) is 1.57. The van der Waals surface area contributed by atoms with Gasteiger partial charge in [-0.3, -0.25) is 0 Å². The number of hydrogen-bond acceptors (Lipinski definition) is 9. The van der Waals surface area contributed by atoms with Crippen LogP contribution in [0.5, 0.6) is 11.5 Å². The van der Waals surface area contributed by atoms with Gasteiger partial charge in [0.25, 0.3) is 0 Å². The Balaban J connectivity index is 1.82. The van der Waals surface area contributed by atoms with Gasteiger partial charge in [-0.2, -0.15) is 5.26 Å². The Morgan fingerprint density at radius 2 is 1.97 bits per heavy atom. The maximum absolute atomic E-state index is 14.5. The maximum atomic E-state index is 14.5. The first kappa shape index (κ1) is 23.8. The van der Waals surface area contributed by atoms with E-state index in [4.69, 9.17) is 36.7 Å². The fraction of sp³-hybridized carbons (Fsp3) is 0.286. The molecule has 3 rings (SSSR count). The van der Waals surface area contributed by atoms with E-state index < -0.39 is 11.9 Å². The summed E-state index contributed by atoms with van der Waals surface area (Å²) in [6.07, 6.45) is 0. The molecule has 2 aromatic carbocycles. The fourth-order valence-corrected chi connectivity index (χ4v) is 3.78. The minimum Gasteiger partial charge on any atom is -0.490 e. The molecule has 0 aliphatic heterocycles. The smallest absolute Gasteiger partial charge is 0.165 e. The summed E-state index contributed by atoms with van der Waals surface area (Å²) in [6.45, 7) is 0.387. The summed E-state index contributed by atoms with van der Waals surface area (Å²) < 4.78 is 30.2. The monoisotopic (exact) mass is 478 g/mol. The predicted octanol–water partition coefficient (Wildman–Crippen LogP) is 3.26. The lowest BCUT2D eigenvalue weighted by Crippen LogP contribution is -2.31. The molecule has 11 heteroatoms. The molecule has 0 saturated carbocycles. The second kappa shape index (κ2) is 11.2. The van der Waals surface area contributed by atoms with Gasteiger partial charge in [0, 0.05) is 24.3 Å². The van der Waals surface area contributed by atoms with E-state index in [1.807, 2.05) is 0 Å². The molecule has 0 amide bonds. The van der Waals surface area contributed by atoms with Gasteiger partial charge in [0.15, 0.2) is 11.6 Å². The van der Waals surface area contributed by atoms with E-state index in [9.17, 15) is 9.65 Å². The van der Waals surface area contributed by atoms with Crippen molar-refractivity contribution in [3.8, 4) is 38.7 Å². The average molecular weight is 479 g/mol. The quantitative estimate of drug-likeness (QED) is 0.425. The number of nitriles is 1. The van der Waals surface area contributed by atoms with Crippen LogP contribution < -0.4 is 15.2 Å². The first-order chi connectivity index (χ1) is 15.5. The molecule has 8 nitrogen and oxygen atoms in total.